The molecule has 0 atom stereocenters. The molecule has 2 amide bonds. The molecule has 0 saturated heterocycles. The topological polar surface area (TPSA) is 46.6 Å². The van der Waals surface area contributed by atoms with Crippen molar-refractivity contribution in [1.82, 2.24) is 4.90 Å². The third-order valence-corrected chi connectivity index (χ3v) is 3.63. The molecule has 1 aromatic carbocycles. The SMILES string of the molecule is [B]C([B])(OSC(F)(F)F)C(F)(F)CN1C(=O)c2ccccc2C1=O. The quantitative estimate of drug-likeness (QED) is 0.349. The summed E-state index contributed by atoms with van der Waals surface area (Å²) in [6.45, 7) is -1.63. The summed E-state index contributed by atoms with van der Waals surface area (Å²) < 4.78 is 68.1. The van der Waals surface area contributed by atoms with Gasteiger partial charge in [-0.15, -0.1) is 0 Å². The molecule has 0 N–H and O–H groups in total. The van der Waals surface area contributed by atoms with Crippen LogP contribution in [0.5, 0.6) is 0 Å². The Morgan fingerprint density at radius 3 is 1.88 bits per heavy atom. The summed E-state index contributed by atoms with van der Waals surface area (Å²) in [5.41, 5.74) is -5.23. The van der Waals surface area contributed by atoms with Gasteiger partial charge in [0.15, 0.2) is 0 Å². The Morgan fingerprint density at radius 2 is 1.46 bits per heavy atom. The van der Waals surface area contributed by atoms with E-state index >= 15 is 0 Å². The van der Waals surface area contributed by atoms with Crippen molar-refractivity contribution in [3.63, 3.8) is 0 Å². The maximum Gasteiger partial charge on any atom is 0.467 e. The van der Waals surface area contributed by atoms with E-state index in [1.807, 2.05) is 0 Å². The van der Waals surface area contributed by atoms with Crippen LogP contribution >= 0.6 is 12.0 Å². The average Bonchev–Trinajstić information content (AvgIpc) is 2.70. The van der Waals surface area contributed by atoms with Gasteiger partial charge in [-0.1, -0.05) is 12.1 Å². The van der Waals surface area contributed by atoms with Gasteiger partial charge in [0.1, 0.15) is 27.7 Å². The van der Waals surface area contributed by atoms with Crippen LogP contribution in [0.25, 0.3) is 0 Å². The molecule has 0 spiro atoms. The van der Waals surface area contributed by atoms with Gasteiger partial charge < -0.3 is 4.18 Å². The minimum Gasteiger partial charge on any atom is -0.315 e. The molecule has 0 unspecified atom stereocenters. The Labute approximate surface area is 139 Å². The molecule has 124 valence electrons. The molecule has 1 aliphatic rings. The molecule has 4 nitrogen and oxygen atoms in total. The summed E-state index contributed by atoms with van der Waals surface area (Å²) in [6.07, 6.45) is 0. The first kappa shape index (κ1) is 18.8. The fourth-order valence-corrected chi connectivity index (χ4v) is 2.24. The first-order valence-electron chi connectivity index (χ1n) is 6.20. The first-order valence-corrected chi connectivity index (χ1v) is 6.94. The number of hydrogen-bond acceptors (Lipinski definition) is 4. The molecule has 0 fully saturated rings. The van der Waals surface area contributed by atoms with Crippen LogP contribution in [0.3, 0.4) is 0 Å². The molecule has 1 aromatic rings. The molecule has 24 heavy (non-hydrogen) atoms. The van der Waals surface area contributed by atoms with Gasteiger partial charge in [-0.2, -0.15) is 13.2 Å². The molecule has 4 radical (unpaired) electrons. The molecule has 12 heteroatoms. The summed E-state index contributed by atoms with van der Waals surface area (Å²) in [5, 5.41) is -3.57. The highest BCUT2D eigenvalue weighted by Gasteiger charge is 2.52. The van der Waals surface area contributed by atoms with Gasteiger partial charge in [-0.25, -0.2) is 8.78 Å². The third kappa shape index (κ3) is 3.59. The van der Waals surface area contributed by atoms with Crippen LogP contribution in [0.4, 0.5) is 22.0 Å². The van der Waals surface area contributed by atoms with E-state index in [1.165, 1.54) is 24.3 Å². The van der Waals surface area contributed by atoms with Crippen LogP contribution in [0.15, 0.2) is 24.3 Å². The number of benzene rings is 1. The zero-order chi connectivity index (χ0) is 18.3. The van der Waals surface area contributed by atoms with Crippen molar-refractivity contribution >= 4 is 39.5 Å². The zero-order valence-corrected chi connectivity index (χ0v) is 12.5. The molecule has 0 saturated carbocycles. The van der Waals surface area contributed by atoms with Crippen LogP contribution in [0, 0.1) is 0 Å². The lowest BCUT2D eigenvalue weighted by molar-refractivity contribution is -0.0947. The number of fused-ring (bicyclic) bond motifs is 1. The fourth-order valence-electron chi connectivity index (χ4n) is 1.88. The Bertz CT molecular complexity index is 648. The molecular formula is C12H6B2F5NO3S. The van der Waals surface area contributed by atoms with Crippen molar-refractivity contribution in [3.05, 3.63) is 35.4 Å². The Morgan fingerprint density at radius 1 is 1.00 bits per heavy atom. The average molecular weight is 361 g/mol. The van der Waals surface area contributed by atoms with E-state index in [9.17, 15) is 31.5 Å². The minimum absolute atomic E-state index is 0.108. The van der Waals surface area contributed by atoms with Crippen molar-refractivity contribution in [1.29, 1.82) is 0 Å². The summed E-state index contributed by atoms with van der Waals surface area (Å²) in [7, 11) is 9.82. The Kier molecular flexibility index (Phi) is 4.75. The highest BCUT2D eigenvalue weighted by molar-refractivity contribution is 7.95. The van der Waals surface area contributed by atoms with Crippen LogP contribution in [0.1, 0.15) is 20.7 Å². The van der Waals surface area contributed by atoms with Crippen molar-refractivity contribution in [2.45, 2.75) is 16.8 Å². The van der Waals surface area contributed by atoms with Gasteiger partial charge in [-0.3, -0.25) is 14.5 Å². The lowest BCUT2D eigenvalue weighted by atomic mass is 9.61. The molecule has 0 bridgehead atoms. The van der Waals surface area contributed by atoms with E-state index in [0.717, 1.165) is 0 Å². The zero-order valence-electron chi connectivity index (χ0n) is 11.6. The molecular weight excluding hydrogens is 355 g/mol. The summed E-state index contributed by atoms with van der Waals surface area (Å²) in [5.74, 6) is -6.41. The first-order chi connectivity index (χ1) is 10.9. The summed E-state index contributed by atoms with van der Waals surface area (Å²) in [4.78, 5) is 24.1. The second kappa shape index (κ2) is 6.07. The summed E-state index contributed by atoms with van der Waals surface area (Å²) in [6, 6.07) is 5.35. The normalized spacial score (nSPS) is 15.8. The molecule has 1 heterocycles. The predicted octanol–water partition coefficient (Wildman–Crippen LogP) is 2.09. The Hall–Kier alpha value is -1.55. The molecule has 1 aliphatic heterocycles. The van der Waals surface area contributed by atoms with Crippen molar-refractivity contribution in [2.24, 2.45) is 0 Å². The maximum atomic E-state index is 14.1. The number of rotatable bonds is 5. The number of hydrogen-bond donors (Lipinski definition) is 0. The number of imide groups is 1. The van der Waals surface area contributed by atoms with E-state index in [0.29, 0.717) is 0 Å². The van der Waals surface area contributed by atoms with Crippen LogP contribution in [-0.4, -0.2) is 55.8 Å². The number of nitrogens with zero attached hydrogens (tertiary/aromatic N) is 1. The van der Waals surface area contributed by atoms with Gasteiger partial charge in [0.2, 0.25) is 0 Å². The van der Waals surface area contributed by atoms with Gasteiger partial charge >= 0.3 is 5.51 Å². The van der Waals surface area contributed by atoms with E-state index < -0.39 is 47.2 Å². The van der Waals surface area contributed by atoms with E-state index in [2.05, 4.69) is 4.18 Å². The lowest BCUT2D eigenvalue weighted by Gasteiger charge is -2.36. The highest BCUT2D eigenvalue weighted by Crippen LogP contribution is 2.39. The van der Waals surface area contributed by atoms with Crippen molar-refractivity contribution < 1.29 is 35.7 Å². The molecule has 0 aliphatic carbocycles. The fraction of sp³-hybridized carbons (Fsp3) is 0.333. The molecule has 0 aromatic heterocycles. The number of carbonyl (C=O) groups is 2. The van der Waals surface area contributed by atoms with Crippen LogP contribution in [-0.2, 0) is 4.18 Å². The highest BCUT2D eigenvalue weighted by atomic mass is 32.2. The predicted molar refractivity (Wildman–Crippen MR) is 75.7 cm³/mol. The summed E-state index contributed by atoms with van der Waals surface area (Å²) >= 11 is -1.30. The van der Waals surface area contributed by atoms with Crippen molar-refractivity contribution in [2.75, 3.05) is 6.54 Å². The smallest absolute Gasteiger partial charge is 0.315 e. The van der Waals surface area contributed by atoms with Crippen LogP contribution in [0.2, 0.25) is 0 Å². The van der Waals surface area contributed by atoms with Crippen LogP contribution < -0.4 is 0 Å². The second-order valence-electron chi connectivity index (χ2n) is 4.85. The monoisotopic (exact) mass is 361 g/mol. The standard InChI is InChI=1S/C12H6B2F5NO3S/c13-11(14,23-24-12(17,18)19)10(15,16)5-20-8(21)6-3-1-2-4-7(6)9(20)22/h1-4H,5H2. The van der Waals surface area contributed by atoms with Gasteiger partial charge in [0, 0.05) is 0 Å². The number of carbonyl (C=O) groups excluding carboxylic acids is 2. The minimum atomic E-state index is -5.02. The van der Waals surface area contributed by atoms with Gasteiger partial charge in [-0.05, 0) is 12.1 Å². The maximum absolute atomic E-state index is 14.1. The largest absolute Gasteiger partial charge is 0.467 e. The third-order valence-electron chi connectivity index (χ3n) is 3.08. The lowest BCUT2D eigenvalue weighted by Crippen LogP contribution is -2.57. The van der Waals surface area contributed by atoms with E-state index in [4.69, 9.17) is 15.7 Å². The van der Waals surface area contributed by atoms with Gasteiger partial charge in [0.05, 0.1) is 23.1 Å². The second-order valence-corrected chi connectivity index (χ2v) is 5.65. The Balaban J connectivity index is 2.18. The van der Waals surface area contributed by atoms with E-state index in [1.54, 1.807) is 0 Å². The van der Waals surface area contributed by atoms with Crippen molar-refractivity contribution in [3.8, 4) is 0 Å². The van der Waals surface area contributed by atoms with Gasteiger partial charge in [0.25, 0.3) is 17.7 Å². The number of alkyl halides is 5. The number of amides is 2. The molecule has 2 rings (SSSR count). The number of halogens is 5. The van der Waals surface area contributed by atoms with E-state index in [-0.39, 0.29) is 16.0 Å².